The lowest BCUT2D eigenvalue weighted by molar-refractivity contribution is -0.139. The number of piperazine rings is 1. The zero-order chi connectivity index (χ0) is 16.9. The highest BCUT2D eigenvalue weighted by Gasteiger charge is 2.30. The number of likely N-dealkylation sites (N-methyl/N-ethyl adjacent to an activating group) is 1. The summed E-state index contributed by atoms with van der Waals surface area (Å²) in [5.74, 6) is 0.249. The Morgan fingerprint density at radius 2 is 1.79 bits per heavy atom. The molecule has 2 heterocycles. The van der Waals surface area contributed by atoms with Crippen molar-refractivity contribution in [2.75, 3.05) is 45.8 Å². The Morgan fingerprint density at radius 3 is 2.46 bits per heavy atom. The van der Waals surface area contributed by atoms with Crippen LogP contribution in [-0.2, 0) is 11.3 Å². The summed E-state index contributed by atoms with van der Waals surface area (Å²) in [4.78, 5) is 19.6. The van der Waals surface area contributed by atoms with Crippen LogP contribution in [0.5, 0.6) is 0 Å². The first kappa shape index (κ1) is 17.4. The van der Waals surface area contributed by atoms with Crippen LogP contribution in [0, 0.1) is 11.7 Å². The van der Waals surface area contributed by atoms with Gasteiger partial charge < -0.3 is 9.80 Å². The van der Waals surface area contributed by atoms with Crippen molar-refractivity contribution < 1.29 is 9.18 Å². The molecule has 0 N–H and O–H groups in total. The minimum atomic E-state index is -0.198. The highest BCUT2D eigenvalue weighted by molar-refractivity contribution is 5.79. The van der Waals surface area contributed by atoms with E-state index < -0.39 is 0 Å². The van der Waals surface area contributed by atoms with Gasteiger partial charge in [0.05, 0.1) is 5.92 Å². The van der Waals surface area contributed by atoms with Gasteiger partial charge in [0.15, 0.2) is 0 Å². The summed E-state index contributed by atoms with van der Waals surface area (Å²) in [6, 6.07) is 6.69. The molecule has 5 heteroatoms. The maximum absolute atomic E-state index is 13.0. The van der Waals surface area contributed by atoms with Crippen LogP contribution in [0.4, 0.5) is 4.39 Å². The van der Waals surface area contributed by atoms with E-state index in [0.717, 1.165) is 70.8 Å². The van der Waals surface area contributed by atoms with Gasteiger partial charge in [-0.3, -0.25) is 9.69 Å². The van der Waals surface area contributed by atoms with Crippen molar-refractivity contribution in [1.29, 1.82) is 0 Å². The Kier molecular flexibility index (Phi) is 5.85. The zero-order valence-corrected chi connectivity index (χ0v) is 14.6. The predicted octanol–water partition coefficient (Wildman–Crippen LogP) is 2.20. The van der Waals surface area contributed by atoms with E-state index in [4.69, 9.17) is 0 Å². The number of nitrogens with zero attached hydrogens (tertiary/aromatic N) is 3. The number of rotatable bonds is 4. The van der Waals surface area contributed by atoms with E-state index in [-0.39, 0.29) is 11.7 Å². The molecule has 0 bridgehead atoms. The summed E-state index contributed by atoms with van der Waals surface area (Å²) in [6.07, 6.45) is 2.05. The fourth-order valence-corrected chi connectivity index (χ4v) is 3.79. The summed E-state index contributed by atoms with van der Waals surface area (Å²) < 4.78 is 13.0. The standard InChI is InChI=1S/C19H28FN3O/c1-2-21-10-12-23(13-11-21)19(24)17-4-3-9-22(15-17)14-16-5-7-18(20)8-6-16/h5-8,17H,2-4,9-15H2,1H3. The molecule has 132 valence electrons. The smallest absolute Gasteiger partial charge is 0.227 e. The Balaban J connectivity index is 1.53. The summed E-state index contributed by atoms with van der Waals surface area (Å²) in [5, 5.41) is 0. The predicted molar refractivity (Wildman–Crippen MR) is 93.1 cm³/mol. The molecule has 0 aromatic heterocycles. The Labute approximate surface area is 144 Å². The molecular weight excluding hydrogens is 305 g/mol. The third kappa shape index (κ3) is 4.33. The summed E-state index contributed by atoms with van der Waals surface area (Å²) >= 11 is 0. The van der Waals surface area contributed by atoms with Crippen molar-refractivity contribution in [1.82, 2.24) is 14.7 Å². The largest absolute Gasteiger partial charge is 0.340 e. The summed E-state index contributed by atoms with van der Waals surface area (Å²) in [6.45, 7) is 9.59. The van der Waals surface area contributed by atoms with Crippen molar-refractivity contribution >= 4 is 5.91 Å². The second-order valence-corrected chi connectivity index (χ2v) is 6.96. The molecule has 2 aliphatic heterocycles. The van der Waals surface area contributed by atoms with Gasteiger partial charge >= 0.3 is 0 Å². The molecule has 1 aromatic carbocycles. The van der Waals surface area contributed by atoms with Gasteiger partial charge in [-0.05, 0) is 43.6 Å². The molecule has 0 aliphatic carbocycles. The number of amides is 1. The molecule has 3 rings (SSSR count). The van der Waals surface area contributed by atoms with Crippen LogP contribution in [0.3, 0.4) is 0 Å². The third-order valence-corrected chi connectivity index (χ3v) is 5.31. The normalized spacial score (nSPS) is 23.4. The lowest BCUT2D eigenvalue weighted by Crippen LogP contribution is -2.52. The lowest BCUT2D eigenvalue weighted by atomic mass is 9.95. The average Bonchev–Trinajstić information content (AvgIpc) is 2.63. The van der Waals surface area contributed by atoms with Crippen LogP contribution in [0.25, 0.3) is 0 Å². The van der Waals surface area contributed by atoms with Gasteiger partial charge in [0.1, 0.15) is 5.82 Å². The van der Waals surface area contributed by atoms with E-state index in [0.29, 0.717) is 5.91 Å². The molecule has 1 unspecified atom stereocenters. The number of hydrogen-bond donors (Lipinski definition) is 0. The molecule has 2 fully saturated rings. The molecule has 0 saturated carbocycles. The molecule has 1 amide bonds. The summed E-state index contributed by atoms with van der Waals surface area (Å²) in [7, 11) is 0. The van der Waals surface area contributed by atoms with Crippen LogP contribution < -0.4 is 0 Å². The quantitative estimate of drug-likeness (QED) is 0.845. The summed E-state index contributed by atoms with van der Waals surface area (Å²) in [5.41, 5.74) is 1.11. The van der Waals surface area contributed by atoms with Crippen LogP contribution in [-0.4, -0.2) is 66.4 Å². The molecule has 2 saturated heterocycles. The van der Waals surface area contributed by atoms with Crippen molar-refractivity contribution in [3.63, 3.8) is 0 Å². The maximum atomic E-state index is 13.0. The monoisotopic (exact) mass is 333 g/mol. The zero-order valence-electron chi connectivity index (χ0n) is 14.6. The Bertz CT molecular complexity index is 540. The number of carbonyl (C=O) groups excluding carboxylic acids is 1. The first-order valence-corrected chi connectivity index (χ1v) is 9.13. The second kappa shape index (κ2) is 8.08. The van der Waals surface area contributed by atoms with E-state index in [9.17, 15) is 9.18 Å². The second-order valence-electron chi connectivity index (χ2n) is 6.96. The number of carbonyl (C=O) groups is 1. The number of likely N-dealkylation sites (tertiary alicyclic amines) is 1. The fourth-order valence-electron chi connectivity index (χ4n) is 3.79. The van der Waals surface area contributed by atoms with E-state index in [2.05, 4.69) is 21.6 Å². The lowest BCUT2D eigenvalue weighted by Gasteiger charge is -2.38. The van der Waals surface area contributed by atoms with Crippen molar-refractivity contribution in [2.45, 2.75) is 26.3 Å². The topological polar surface area (TPSA) is 26.8 Å². The molecule has 4 nitrogen and oxygen atoms in total. The molecule has 2 aliphatic rings. The van der Waals surface area contributed by atoms with Gasteiger partial charge in [0.25, 0.3) is 0 Å². The van der Waals surface area contributed by atoms with Gasteiger partial charge in [0, 0.05) is 39.3 Å². The van der Waals surface area contributed by atoms with Crippen LogP contribution in [0.1, 0.15) is 25.3 Å². The van der Waals surface area contributed by atoms with Gasteiger partial charge in [0.2, 0.25) is 5.91 Å². The SMILES string of the molecule is CCN1CCN(C(=O)C2CCCN(Cc3ccc(F)cc3)C2)CC1. The highest BCUT2D eigenvalue weighted by atomic mass is 19.1. The van der Waals surface area contributed by atoms with E-state index in [1.807, 2.05) is 12.1 Å². The number of halogens is 1. The molecule has 24 heavy (non-hydrogen) atoms. The Hall–Kier alpha value is -1.46. The maximum Gasteiger partial charge on any atom is 0.227 e. The number of piperidine rings is 1. The molecule has 1 atom stereocenters. The third-order valence-electron chi connectivity index (χ3n) is 5.31. The van der Waals surface area contributed by atoms with Gasteiger partial charge in [-0.25, -0.2) is 4.39 Å². The van der Waals surface area contributed by atoms with Gasteiger partial charge in [-0.1, -0.05) is 19.1 Å². The minimum absolute atomic E-state index is 0.118. The minimum Gasteiger partial charge on any atom is -0.340 e. The average molecular weight is 333 g/mol. The van der Waals surface area contributed by atoms with E-state index in [1.165, 1.54) is 12.1 Å². The van der Waals surface area contributed by atoms with Crippen molar-refractivity contribution in [3.05, 3.63) is 35.6 Å². The van der Waals surface area contributed by atoms with Crippen molar-refractivity contribution in [3.8, 4) is 0 Å². The van der Waals surface area contributed by atoms with Crippen molar-refractivity contribution in [2.24, 2.45) is 5.92 Å². The Morgan fingerprint density at radius 1 is 1.08 bits per heavy atom. The van der Waals surface area contributed by atoms with Crippen LogP contribution in [0.15, 0.2) is 24.3 Å². The van der Waals surface area contributed by atoms with Crippen LogP contribution in [0.2, 0.25) is 0 Å². The first-order valence-electron chi connectivity index (χ1n) is 9.13. The first-order chi connectivity index (χ1) is 11.7. The molecule has 0 spiro atoms. The van der Waals surface area contributed by atoms with Crippen LogP contribution >= 0.6 is 0 Å². The fraction of sp³-hybridized carbons (Fsp3) is 0.632. The van der Waals surface area contributed by atoms with E-state index in [1.54, 1.807) is 0 Å². The molecular formula is C19H28FN3O. The van der Waals surface area contributed by atoms with Gasteiger partial charge in [-0.15, -0.1) is 0 Å². The molecule has 0 radical (unpaired) electrons. The number of hydrogen-bond acceptors (Lipinski definition) is 3. The number of benzene rings is 1. The highest BCUT2D eigenvalue weighted by Crippen LogP contribution is 2.21. The van der Waals surface area contributed by atoms with E-state index >= 15 is 0 Å². The van der Waals surface area contributed by atoms with Gasteiger partial charge in [-0.2, -0.15) is 0 Å². The molecule has 1 aromatic rings.